The van der Waals surface area contributed by atoms with Crippen molar-refractivity contribution in [2.75, 3.05) is 0 Å². The van der Waals surface area contributed by atoms with Crippen LogP contribution in [-0.4, -0.2) is 22.0 Å². The summed E-state index contributed by atoms with van der Waals surface area (Å²) in [6.45, 7) is 3.68. The maximum absolute atomic E-state index is 11.7. The molecule has 0 radical (unpaired) electrons. The van der Waals surface area contributed by atoms with Gasteiger partial charge in [-0.25, -0.2) is 10.5 Å². The van der Waals surface area contributed by atoms with E-state index in [9.17, 15) is 4.79 Å². The van der Waals surface area contributed by atoms with Gasteiger partial charge in [-0.15, -0.1) is 0 Å². The number of aromatic nitrogens is 2. The molecule has 0 spiro atoms. The smallest absolute Gasteiger partial charge is 0.248 e. The zero-order valence-electron chi connectivity index (χ0n) is 10.2. The SMILES string of the molecule is CC(C)ONC(=O)Cc1c[nH]c2nccc(Cl)c12. The Morgan fingerprint density at radius 3 is 3.11 bits per heavy atom. The van der Waals surface area contributed by atoms with E-state index < -0.39 is 0 Å². The van der Waals surface area contributed by atoms with Crippen LogP contribution in [0.2, 0.25) is 5.02 Å². The average Bonchev–Trinajstić information content (AvgIpc) is 2.71. The van der Waals surface area contributed by atoms with Crippen LogP contribution < -0.4 is 5.48 Å². The molecule has 6 heteroatoms. The Kier molecular flexibility index (Phi) is 3.84. The molecule has 18 heavy (non-hydrogen) atoms. The fourth-order valence-electron chi connectivity index (χ4n) is 1.61. The minimum absolute atomic E-state index is 0.0535. The standard InChI is InChI=1S/C12H14ClN3O2/c1-7(2)18-16-10(17)5-8-6-15-12-11(8)9(13)3-4-14-12/h3-4,6-7H,5H2,1-2H3,(H,14,15)(H,16,17). The molecule has 0 saturated carbocycles. The molecule has 1 amide bonds. The molecule has 0 aliphatic heterocycles. The van der Waals surface area contributed by atoms with Gasteiger partial charge in [0.15, 0.2) is 0 Å². The van der Waals surface area contributed by atoms with Crippen molar-refractivity contribution in [3.8, 4) is 0 Å². The normalized spacial score (nSPS) is 11.1. The van der Waals surface area contributed by atoms with E-state index in [0.717, 1.165) is 10.9 Å². The van der Waals surface area contributed by atoms with Crippen LogP contribution in [0.25, 0.3) is 11.0 Å². The molecule has 0 aromatic carbocycles. The second kappa shape index (κ2) is 5.37. The van der Waals surface area contributed by atoms with Crippen molar-refractivity contribution in [3.63, 3.8) is 0 Å². The van der Waals surface area contributed by atoms with E-state index in [1.54, 1.807) is 18.5 Å². The maximum Gasteiger partial charge on any atom is 0.248 e. The third-order valence-electron chi connectivity index (χ3n) is 2.36. The molecular weight excluding hydrogens is 254 g/mol. The van der Waals surface area contributed by atoms with Gasteiger partial charge in [-0.2, -0.15) is 0 Å². The van der Waals surface area contributed by atoms with Crippen LogP contribution >= 0.6 is 11.6 Å². The van der Waals surface area contributed by atoms with E-state index in [1.165, 1.54) is 0 Å². The summed E-state index contributed by atoms with van der Waals surface area (Å²) in [4.78, 5) is 23.8. The Morgan fingerprint density at radius 2 is 2.39 bits per heavy atom. The van der Waals surface area contributed by atoms with Gasteiger partial charge in [0, 0.05) is 17.8 Å². The van der Waals surface area contributed by atoms with Gasteiger partial charge in [0.05, 0.1) is 17.5 Å². The third-order valence-corrected chi connectivity index (χ3v) is 2.68. The third kappa shape index (κ3) is 2.80. The lowest BCUT2D eigenvalue weighted by Crippen LogP contribution is -2.28. The van der Waals surface area contributed by atoms with Crippen molar-refractivity contribution in [3.05, 3.63) is 29.0 Å². The fourth-order valence-corrected chi connectivity index (χ4v) is 1.88. The lowest BCUT2D eigenvalue weighted by Gasteiger charge is -2.08. The van der Waals surface area contributed by atoms with Gasteiger partial charge >= 0.3 is 0 Å². The van der Waals surface area contributed by atoms with Gasteiger partial charge in [0.25, 0.3) is 0 Å². The Hall–Kier alpha value is -1.59. The number of pyridine rings is 1. The summed E-state index contributed by atoms with van der Waals surface area (Å²) in [5.41, 5.74) is 3.86. The molecule has 0 bridgehead atoms. The topological polar surface area (TPSA) is 67.0 Å². The Balaban J connectivity index is 2.15. The van der Waals surface area contributed by atoms with Crippen molar-refractivity contribution in [2.24, 2.45) is 0 Å². The number of nitrogens with one attached hydrogen (secondary N) is 2. The van der Waals surface area contributed by atoms with Crippen LogP contribution in [0.15, 0.2) is 18.5 Å². The van der Waals surface area contributed by atoms with Gasteiger partial charge in [0.1, 0.15) is 5.65 Å². The van der Waals surface area contributed by atoms with Crippen LogP contribution in [0, 0.1) is 0 Å². The highest BCUT2D eigenvalue weighted by Gasteiger charge is 2.12. The summed E-state index contributed by atoms with van der Waals surface area (Å²) in [5.74, 6) is -0.218. The molecule has 2 aromatic heterocycles. The molecule has 2 heterocycles. The van der Waals surface area contributed by atoms with E-state index in [-0.39, 0.29) is 18.4 Å². The predicted octanol–water partition coefficient (Wildman–Crippen LogP) is 2.21. The number of H-pyrrole nitrogens is 1. The van der Waals surface area contributed by atoms with Crippen molar-refractivity contribution in [1.82, 2.24) is 15.4 Å². The summed E-state index contributed by atoms with van der Waals surface area (Å²) in [6.07, 6.45) is 3.49. The Morgan fingerprint density at radius 1 is 1.61 bits per heavy atom. The van der Waals surface area contributed by atoms with E-state index >= 15 is 0 Å². The second-order valence-corrected chi connectivity index (χ2v) is 4.61. The quantitative estimate of drug-likeness (QED) is 0.835. The molecule has 96 valence electrons. The zero-order chi connectivity index (χ0) is 13.1. The first-order valence-corrected chi connectivity index (χ1v) is 6.00. The summed E-state index contributed by atoms with van der Waals surface area (Å²) in [7, 11) is 0. The number of carbonyl (C=O) groups is 1. The number of nitrogens with zero attached hydrogens (tertiary/aromatic N) is 1. The lowest BCUT2D eigenvalue weighted by atomic mass is 10.1. The van der Waals surface area contributed by atoms with Gasteiger partial charge in [-0.05, 0) is 25.5 Å². The number of amides is 1. The molecule has 0 saturated heterocycles. The number of aromatic amines is 1. The molecule has 0 atom stereocenters. The number of hydrogen-bond donors (Lipinski definition) is 2. The number of rotatable bonds is 4. The first-order valence-electron chi connectivity index (χ1n) is 5.63. The number of fused-ring (bicyclic) bond motifs is 1. The molecule has 0 unspecified atom stereocenters. The van der Waals surface area contributed by atoms with Gasteiger partial charge in [-0.3, -0.25) is 9.63 Å². The van der Waals surface area contributed by atoms with Crippen molar-refractivity contribution in [2.45, 2.75) is 26.4 Å². The maximum atomic E-state index is 11.7. The average molecular weight is 268 g/mol. The Labute approximate surface area is 109 Å². The summed E-state index contributed by atoms with van der Waals surface area (Å²) < 4.78 is 0. The van der Waals surface area contributed by atoms with E-state index in [2.05, 4.69) is 15.4 Å². The van der Waals surface area contributed by atoms with Crippen molar-refractivity contribution in [1.29, 1.82) is 0 Å². The highest BCUT2D eigenvalue weighted by Crippen LogP contribution is 2.25. The van der Waals surface area contributed by atoms with Crippen molar-refractivity contribution >= 4 is 28.5 Å². The van der Waals surface area contributed by atoms with E-state index in [0.29, 0.717) is 10.7 Å². The predicted molar refractivity (Wildman–Crippen MR) is 69.2 cm³/mol. The highest BCUT2D eigenvalue weighted by molar-refractivity contribution is 6.35. The number of carbonyl (C=O) groups excluding carboxylic acids is 1. The Bertz CT molecular complexity index is 565. The zero-order valence-corrected chi connectivity index (χ0v) is 10.9. The number of halogens is 1. The monoisotopic (exact) mass is 267 g/mol. The minimum Gasteiger partial charge on any atom is -0.346 e. The van der Waals surface area contributed by atoms with E-state index in [4.69, 9.17) is 16.4 Å². The van der Waals surface area contributed by atoms with Gasteiger partial charge in [0.2, 0.25) is 5.91 Å². The molecule has 2 aromatic rings. The van der Waals surface area contributed by atoms with Gasteiger partial charge in [-0.1, -0.05) is 11.6 Å². The molecule has 5 nitrogen and oxygen atoms in total. The first-order chi connectivity index (χ1) is 8.58. The van der Waals surface area contributed by atoms with E-state index in [1.807, 2.05) is 13.8 Å². The van der Waals surface area contributed by atoms with Crippen LogP contribution in [0.3, 0.4) is 0 Å². The summed E-state index contributed by atoms with van der Waals surface area (Å²) in [5, 5.41) is 1.35. The molecule has 2 rings (SSSR count). The first kappa shape index (κ1) is 12.9. The minimum atomic E-state index is -0.218. The number of hydrogen-bond acceptors (Lipinski definition) is 3. The molecule has 0 aliphatic rings. The van der Waals surface area contributed by atoms with Gasteiger partial charge < -0.3 is 4.98 Å². The molecular formula is C12H14ClN3O2. The van der Waals surface area contributed by atoms with Crippen molar-refractivity contribution < 1.29 is 9.63 Å². The molecule has 0 aliphatic carbocycles. The lowest BCUT2D eigenvalue weighted by molar-refractivity contribution is -0.136. The molecule has 2 N–H and O–H groups in total. The largest absolute Gasteiger partial charge is 0.346 e. The summed E-state index contributed by atoms with van der Waals surface area (Å²) >= 11 is 6.09. The summed E-state index contributed by atoms with van der Waals surface area (Å²) in [6, 6.07) is 1.70. The van der Waals surface area contributed by atoms with Crippen LogP contribution in [0.4, 0.5) is 0 Å². The second-order valence-electron chi connectivity index (χ2n) is 4.20. The van der Waals surface area contributed by atoms with Crippen LogP contribution in [0.5, 0.6) is 0 Å². The van der Waals surface area contributed by atoms with Crippen LogP contribution in [-0.2, 0) is 16.1 Å². The fraction of sp³-hybridized carbons (Fsp3) is 0.333. The molecule has 0 fully saturated rings. The number of hydroxylamine groups is 1. The highest BCUT2D eigenvalue weighted by atomic mass is 35.5. The van der Waals surface area contributed by atoms with Crippen LogP contribution in [0.1, 0.15) is 19.4 Å².